The first kappa shape index (κ1) is 20.5. The number of nitrogens with zero attached hydrogens (tertiary/aromatic N) is 3. The van der Waals surface area contributed by atoms with Crippen molar-refractivity contribution in [1.29, 1.82) is 0 Å². The van der Waals surface area contributed by atoms with Crippen LogP contribution in [0.5, 0.6) is 0 Å². The Labute approximate surface area is 171 Å². The highest BCUT2D eigenvalue weighted by Crippen LogP contribution is 2.19. The van der Waals surface area contributed by atoms with Crippen molar-refractivity contribution in [3.8, 4) is 0 Å². The number of likely N-dealkylation sites (tertiary alicyclic amines) is 1. The van der Waals surface area contributed by atoms with Gasteiger partial charge in [0.25, 0.3) is 0 Å². The minimum Gasteiger partial charge on any atom is -0.387 e. The predicted molar refractivity (Wildman–Crippen MR) is 114 cm³/mol. The molecule has 0 aromatic heterocycles. The number of aliphatic hydroxyl groups excluding tert-OH is 1. The lowest BCUT2D eigenvalue weighted by molar-refractivity contribution is 0.179. The maximum atomic E-state index is 10.3. The van der Waals surface area contributed by atoms with Gasteiger partial charge in [-0.2, -0.15) is 0 Å². The van der Waals surface area contributed by atoms with Crippen LogP contribution in [0.1, 0.15) is 18.1 Å². The fraction of sp³-hybridized carbons (Fsp3) is 0.500. The van der Waals surface area contributed by atoms with Gasteiger partial charge in [-0.1, -0.05) is 35.9 Å². The number of benzene rings is 1. The molecule has 7 heteroatoms. The molecule has 2 aliphatic heterocycles. The second kappa shape index (κ2) is 9.75. The van der Waals surface area contributed by atoms with E-state index in [1.54, 1.807) is 19.2 Å². The normalized spacial score (nSPS) is 22.1. The van der Waals surface area contributed by atoms with Gasteiger partial charge in [-0.05, 0) is 24.1 Å². The molecule has 0 bridgehead atoms. The number of halogens is 2. The first-order valence-electron chi connectivity index (χ1n) is 8.45. The van der Waals surface area contributed by atoms with Crippen LogP contribution in [0.4, 0.5) is 0 Å². The lowest BCUT2D eigenvalue weighted by Gasteiger charge is -2.26. The first-order valence-corrected chi connectivity index (χ1v) is 8.83. The zero-order chi connectivity index (χ0) is 16.9. The summed E-state index contributed by atoms with van der Waals surface area (Å²) >= 11 is 5.89. The van der Waals surface area contributed by atoms with Gasteiger partial charge in [0.1, 0.15) is 0 Å². The number of hydrogen-bond donors (Lipinski definition) is 2. The van der Waals surface area contributed by atoms with Crippen LogP contribution in [0.2, 0.25) is 5.02 Å². The van der Waals surface area contributed by atoms with E-state index in [-0.39, 0.29) is 24.0 Å². The molecular formula is C18H26ClIN4O. The van der Waals surface area contributed by atoms with E-state index in [0.717, 1.165) is 44.1 Å². The number of hydrogen-bond acceptors (Lipinski definition) is 3. The Balaban J connectivity index is 0.00000225. The molecule has 0 amide bonds. The Morgan fingerprint density at radius 1 is 1.32 bits per heavy atom. The van der Waals surface area contributed by atoms with Gasteiger partial charge in [0.15, 0.2) is 5.96 Å². The van der Waals surface area contributed by atoms with E-state index >= 15 is 0 Å². The van der Waals surface area contributed by atoms with Crippen molar-refractivity contribution in [1.82, 2.24) is 15.1 Å². The zero-order valence-electron chi connectivity index (χ0n) is 14.4. The Bertz CT molecular complexity index is 600. The maximum absolute atomic E-state index is 10.3. The van der Waals surface area contributed by atoms with Crippen LogP contribution in [0, 0.1) is 0 Å². The number of aliphatic hydroxyl groups is 1. The van der Waals surface area contributed by atoms with Crippen LogP contribution in [-0.4, -0.2) is 66.7 Å². The summed E-state index contributed by atoms with van der Waals surface area (Å²) in [4.78, 5) is 9.15. The van der Waals surface area contributed by atoms with Crippen molar-refractivity contribution in [3.63, 3.8) is 0 Å². The molecular weight excluding hydrogens is 451 g/mol. The van der Waals surface area contributed by atoms with Gasteiger partial charge < -0.3 is 15.3 Å². The Hall–Kier alpha value is -0.830. The summed E-state index contributed by atoms with van der Waals surface area (Å²) in [6.45, 7) is 4.52. The molecule has 2 unspecified atom stereocenters. The third-order valence-electron chi connectivity index (χ3n) is 4.75. The topological polar surface area (TPSA) is 51.1 Å². The first-order chi connectivity index (χ1) is 11.7. The third kappa shape index (κ3) is 5.32. The fourth-order valence-corrected chi connectivity index (χ4v) is 3.47. The largest absolute Gasteiger partial charge is 0.387 e. The summed E-state index contributed by atoms with van der Waals surface area (Å²) < 4.78 is 0. The highest BCUT2D eigenvalue weighted by molar-refractivity contribution is 14.0. The second-order valence-corrected chi connectivity index (χ2v) is 6.75. The summed E-state index contributed by atoms with van der Waals surface area (Å²) in [5.41, 5.74) is 0.852. The highest BCUT2D eigenvalue weighted by Gasteiger charge is 2.29. The van der Waals surface area contributed by atoms with Crippen LogP contribution < -0.4 is 5.32 Å². The van der Waals surface area contributed by atoms with Gasteiger partial charge in [0, 0.05) is 50.8 Å². The molecule has 3 rings (SSSR count). The molecule has 5 nitrogen and oxygen atoms in total. The molecule has 0 radical (unpaired) electrons. The molecule has 1 saturated heterocycles. The molecule has 0 saturated carbocycles. The van der Waals surface area contributed by atoms with Gasteiger partial charge in [0.2, 0.25) is 0 Å². The van der Waals surface area contributed by atoms with Crippen molar-refractivity contribution in [3.05, 3.63) is 47.0 Å². The van der Waals surface area contributed by atoms with E-state index in [1.807, 2.05) is 12.1 Å². The lowest BCUT2D eigenvalue weighted by atomic mass is 10.1. The van der Waals surface area contributed by atoms with Crippen molar-refractivity contribution < 1.29 is 5.11 Å². The predicted octanol–water partition coefficient (Wildman–Crippen LogP) is 2.51. The molecule has 0 spiro atoms. The minimum atomic E-state index is -0.583. The van der Waals surface area contributed by atoms with Crippen LogP contribution >= 0.6 is 35.6 Å². The molecule has 2 heterocycles. The van der Waals surface area contributed by atoms with Crippen LogP contribution in [0.25, 0.3) is 0 Å². The fourth-order valence-electron chi connectivity index (χ4n) is 3.35. The number of aliphatic imine (C=N–C) groups is 1. The van der Waals surface area contributed by atoms with Crippen molar-refractivity contribution in [2.24, 2.45) is 4.99 Å². The number of nitrogens with one attached hydrogen (secondary N) is 1. The summed E-state index contributed by atoms with van der Waals surface area (Å²) in [6.07, 6.45) is 5.04. The summed E-state index contributed by atoms with van der Waals surface area (Å²) in [5, 5.41) is 14.3. The monoisotopic (exact) mass is 476 g/mol. The van der Waals surface area contributed by atoms with Gasteiger partial charge in [0.05, 0.1) is 6.10 Å². The van der Waals surface area contributed by atoms with Crippen LogP contribution in [-0.2, 0) is 0 Å². The number of guanidine groups is 1. The molecule has 1 aromatic carbocycles. The molecule has 25 heavy (non-hydrogen) atoms. The second-order valence-electron chi connectivity index (χ2n) is 6.31. The zero-order valence-corrected chi connectivity index (χ0v) is 17.5. The van der Waals surface area contributed by atoms with E-state index in [4.69, 9.17) is 11.6 Å². The average molecular weight is 477 g/mol. The SMILES string of the molecule is CN=C(NCC(O)c1ccc(Cl)cc1)N1CCC(N2CC=CC2)C1.I. The quantitative estimate of drug-likeness (QED) is 0.303. The van der Waals surface area contributed by atoms with Gasteiger partial charge in [-0.25, -0.2) is 0 Å². The average Bonchev–Trinajstić information content (AvgIpc) is 3.27. The third-order valence-corrected chi connectivity index (χ3v) is 5.00. The van der Waals surface area contributed by atoms with E-state index in [0.29, 0.717) is 17.6 Å². The minimum absolute atomic E-state index is 0. The van der Waals surface area contributed by atoms with Gasteiger partial charge in [-0.15, -0.1) is 24.0 Å². The summed E-state index contributed by atoms with van der Waals surface area (Å²) in [6, 6.07) is 7.88. The standard InChI is InChI=1S/C18H25ClN4O.HI/c1-20-18(21-12-17(24)14-4-6-15(19)7-5-14)23-11-8-16(13-23)22-9-2-3-10-22;/h2-7,16-17,24H,8-13H2,1H3,(H,20,21);1H. The van der Waals surface area contributed by atoms with E-state index < -0.39 is 6.10 Å². The maximum Gasteiger partial charge on any atom is 0.193 e. The van der Waals surface area contributed by atoms with Crippen molar-refractivity contribution >= 4 is 41.5 Å². The summed E-state index contributed by atoms with van der Waals surface area (Å²) in [7, 11) is 1.79. The Kier molecular flexibility index (Phi) is 7.99. The molecule has 2 aliphatic rings. The molecule has 0 aliphatic carbocycles. The van der Waals surface area contributed by atoms with E-state index in [2.05, 4.69) is 32.3 Å². The van der Waals surface area contributed by atoms with Gasteiger partial charge >= 0.3 is 0 Å². The molecule has 2 N–H and O–H groups in total. The molecule has 138 valence electrons. The molecule has 1 aromatic rings. The highest BCUT2D eigenvalue weighted by atomic mass is 127. The van der Waals surface area contributed by atoms with E-state index in [9.17, 15) is 5.11 Å². The Morgan fingerprint density at radius 3 is 2.64 bits per heavy atom. The molecule has 2 atom stereocenters. The molecule has 1 fully saturated rings. The van der Waals surface area contributed by atoms with Crippen molar-refractivity contribution in [2.45, 2.75) is 18.6 Å². The lowest BCUT2D eigenvalue weighted by Crippen LogP contribution is -2.43. The van der Waals surface area contributed by atoms with E-state index in [1.165, 1.54) is 0 Å². The van der Waals surface area contributed by atoms with Crippen LogP contribution in [0.15, 0.2) is 41.4 Å². The van der Waals surface area contributed by atoms with Crippen LogP contribution in [0.3, 0.4) is 0 Å². The number of rotatable bonds is 4. The Morgan fingerprint density at radius 2 is 2.00 bits per heavy atom. The smallest absolute Gasteiger partial charge is 0.193 e. The summed E-state index contributed by atoms with van der Waals surface area (Å²) in [5.74, 6) is 0.859. The van der Waals surface area contributed by atoms with Crippen molar-refractivity contribution in [2.75, 3.05) is 39.8 Å². The van der Waals surface area contributed by atoms with Gasteiger partial charge in [-0.3, -0.25) is 9.89 Å².